The van der Waals surface area contributed by atoms with E-state index in [4.69, 9.17) is 5.26 Å². The maximum atomic E-state index is 12.8. The summed E-state index contributed by atoms with van der Waals surface area (Å²) in [6.07, 6.45) is -11.1. The predicted molar refractivity (Wildman–Crippen MR) is 63.2 cm³/mol. The lowest BCUT2D eigenvalue weighted by Crippen LogP contribution is -2.21. The topological polar surface area (TPSA) is 59.3 Å². The van der Waals surface area contributed by atoms with Gasteiger partial charge in [-0.25, -0.2) is 0 Å². The standard InChI is InChI=1S/C13H9F6NO3/c1-2-22-10(21)5-7-3-9(12(14,15)16)4-8(6-20)11(7)23-13(17,18)19/h3-4H,2,5H2,1H3. The number of carbonyl (C=O) groups excluding carboxylic acids is 1. The molecule has 0 amide bonds. The number of hydrogen-bond donors (Lipinski definition) is 0. The fraction of sp³-hybridized carbons (Fsp3) is 0.385. The van der Waals surface area contributed by atoms with Crippen LogP contribution in [0.5, 0.6) is 5.75 Å². The van der Waals surface area contributed by atoms with Crippen LogP contribution in [0.15, 0.2) is 12.1 Å². The van der Waals surface area contributed by atoms with Gasteiger partial charge in [0.25, 0.3) is 0 Å². The van der Waals surface area contributed by atoms with Crippen molar-refractivity contribution in [2.45, 2.75) is 25.9 Å². The van der Waals surface area contributed by atoms with E-state index >= 15 is 0 Å². The summed E-state index contributed by atoms with van der Waals surface area (Å²) in [4.78, 5) is 11.4. The third-order valence-corrected chi connectivity index (χ3v) is 2.47. The molecule has 1 aromatic rings. The van der Waals surface area contributed by atoms with Crippen LogP contribution in [0.1, 0.15) is 23.6 Å². The molecule has 0 aliphatic carbocycles. The summed E-state index contributed by atoms with van der Waals surface area (Å²) in [5.41, 5.74) is -3.11. The Bertz CT molecular complexity index is 630. The molecule has 126 valence electrons. The number of alkyl halides is 6. The van der Waals surface area contributed by atoms with E-state index in [1.165, 1.54) is 13.0 Å². The van der Waals surface area contributed by atoms with Gasteiger partial charge in [-0.3, -0.25) is 4.79 Å². The minimum Gasteiger partial charge on any atom is -0.466 e. The van der Waals surface area contributed by atoms with Crippen molar-refractivity contribution in [3.05, 3.63) is 28.8 Å². The maximum Gasteiger partial charge on any atom is 0.573 e. The first kappa shape index (κ1) is 18.6. The van der Waals surface area contributed by atoms with E-state index < -0.39 is 47.4 Å². The molecule has 0 saturated carbocycles. The summed E-state index contributed by atoms with van der Waals surface area (Å²) in [6.45, 7) is 1.30. The largest absolute Gasteiger partial charge is 0.573 e. The van der Waals surface area contributed by atoms with Gasteiger partial charge in [0.2, 0.25) is 0 Å². The van der Waals surface area contributed by atoms with Crippen molar-refractivity contribution in [1.29, 1.82) is 5.26 Å². The smallest absolute Gasteiger partial charge is 0.466 e. The van der Waals surface area contributed by atoms with E-state index in [1.807, 2.05) is 0 Å². The number of nitrogens with zero attached hydrogens (tertiary/aromatic N) is 1. The Morgan fingerprint density at radius 3 is 2.26 bits per heavy atom. The zero-order valence-corrected chi connectivity index (χ0v) is 11.5. The van der Waals surface area contributed by atoms with E-state index in [0.29, 0.717) is 6.07 Å². The van der Waals surface area contributed by atoms with Gasteiger partial charge in [-0.05, 0) is 19.1 Å². The minimum atomic E-state index is -5.24. The van der Waals surface area contributed by atoms with Gasteiger partial charge in [-0.15, -0.1) is 13.2 Å². The number of ether oxygens (including phenoxy) is 2. The van der Waals surface area contributed by atoms with Gasteiger partial charge in [0, 0.05) is 5.56 Å². The molecule has 23 heavy (non-hydrogen) atoms. The lowest BCUT2D eigenvalue weighted by Gasteiger charge is -2.17. The van der Waals surface area contributed by atoms with Crippen molar-refractivity contribution >= 4 is 5.97 Å². The Labute approximate surface area is 126 Å². The third-order valence-electron chi connectivity index (χ3n) is 2.47. The molecule has 0 fully saturated rings. The van der Waals surface area contributed by atoms with Crippen molar-refractivity contribution in [2.75, 3.05) is 6.61 Å². The van der Waals surface area contributed by atoms with Gasteiger partial charge in [-0.1, -0.05) is 0 Å². The van der Waals surface area contributed by atoms with Gasteiger partial charge in [0.05, 0.1) is 24.2 Å². The fourth-order valence-electron chi connectivity index (χ4n) is 1.67. The average molecular weight is 341 g/mol. The summed E-state index contributed by atoms with van der Waals surface area (Å²) in [5.74, 6) is -2.20. The van der Waals surface area contributed by atoms with Gasteiger partial charge in [-0.2, -0.15) is 18.4 Å². The summed E-state index contributed by atoms with van der Waals surface area (Å²) >= 11 is 0. The highest BCUT2D eigenvalue weighted by Crippen LogP contribution is 2.37. The van der Waals surface area contributed by atoms with E-state index in [1.54, 1.807) is 0 Å². The summed E-state index contributed by atoms with van der Waals surface area (Å²) < 4.78 is 83.5. The molecular weight excluding hydrogens is 332 g/mol. The molecule has 0 bridgehead atoms. The molecule has 0 atom stereocenters. The number of nitriles is 1. The first-order valence-corrected chi connectivity index (χ1v) is 6.03. The van der Waals surface area contributed by atoms with Gasteiger partial charge in [0.15, 0.2) is 5.75 Å². The van der Waals surface area contributed by atoms with E-state index in [0.717, 1.165) is 0 Å². The van der Waals surface area contributed by atoms with Crippen molar-refractivity contribution in [3.8, 4) is 11.8 Å². The van der Waals surface area contributed by atoms with Gasteiger partial charge < -0.3 is 9.47 Å². The van der Waals surface area contributed by atoms with Crippen LogP contribution in [-0.4, -0.2) is 18.9 Å². The van der Waals surface area contributed by atoms with Gasteiger partial charge in [0.1, 0.15) is 6.07 Å². The van der Waals surface area contributed by atoms with Crippen LogP contribution in [0, 0.1) is 11.3 Å². The van der Waals surface area contributed by atoms with E-state index in [9.17, 15) is 31.1 Å². The van der Waals surface area contributed by atoms with Crippen LogP contribution in [0.4, 0.5) is 26.3 Å². The van der Waals surface area contributed by atoms with Crippen LogP contribution < -0.4 is 4.74 Å². The highest BCUT2D eigenvalue weighted by atomic mass is 19.4. The molecule has 10 heteroatoms. The molecule has 0 N–H and O–H groups in total. The summed E-state index contributed by atoms with van der Waals surface area (Å²) in [7, 11) is 0. The lowest BCUT2D eigenvalue weighted by molar-refractivity contribution is -0.275. The molecule has 0 saturated heterocycles. The predicted octanol–water partition coefficient (Wildman–Crippen LogP) is 3.58. The van der Waals surface area contributed by atoms with Crippen LogP contribution in [0.3, 0.4) is 0 Å². The first-order chi connectivity index (χ1) is 10.5. The molecule has 0 radical (unpaired) electrons. The quantitative estimate of drug-likeness (QED) is 0.620. The molecule has 1 rings (SSSR count). The zero-order chi connectivity index (χ0) is 17.8. The molecular formula is C13H9F6NO3. The monoisotopic (exact) mass is 341 g/mol. The number of halogens is 6. The molecule has 0 spiro atoms. The highest BCUT2D eigenvalue weighted by molar-refractivity contribution is 5.74. The van der Waals surface area contributed by atoms with Crippen LogP contribution >= 0.6 is 0 Å². The van der Waals surface area contributed by atoms with E-state index in [2.05, 4.69) is 9.47 Å². The molecule has 1 aromatic carbocycles. The number of hydrogen-bond acceptors (Lipinski definition) is 4. The Morgan fingerprint density at radius 1 is 1.22 bits per heavy atom. The Hall–Kier alpha value is -2.44. The summed E-state index contributed by atoms with van der Waals surface area (Å²) in [5, 5.41) is 8.79. The molecule has 0 unspecified atom stereocenters. The third kappa shape index (κ3) is 5.36. The Balaban J connectivity index is 3.45. The lowest BCUT2D eigenvalue weighted by atomic mass is 10.0. The van der Waals surface area contributed by atoms with Crippen molar-refractivity contribution < 1.29 is 40.6 Å². The normalized spacial score (nSPS) is 11.7. The first-order valence-electron chi connectivity index (χ1n) is 6.03. The average Bonchev–Trinajstić information content (AvgIpc) is 2.37. The molecule has 0 aliphatic rings. The van der Waals surface area contributed by atoms with Crippen LogP contribution in [0.25, 0.3) is 0 Å². The summed E-state index contributed by atoms with van der Waals surface area (Å²) in [6, 6.07) is 1.74. The second kappa shape index (κ2) is 6.76. The molecule has 0 heterocycles. The Kier molecular flexibility index (Phi) is 5.47. The number of benzene rings is 1. The molecule has 0 aliphatic heterocycles. The van der Waals surface area contributed by atoms with E-state index in [-0.39, 0.29) is 12.7 Å². The minimum absolute atomic E-state index is 0.113. The SMILES string of the molecule is CCOC(=O)Cc1cc(C(F)(F)F)cc(C#N)c1OC(F)(F)F. The number of esters is 1. The van der Waals surface area contributed by atoms with Crippen molar-refractivity contribution in [3.63, 3.8) is 0 Å². The van der Waals surface area contributed by atoms with Gasteiger partial charge >= 0.3 is 18.5 Å². The second-order valence-corrected chi connectivity index (χ2v) is 4.15. The van der Waals surface area contributed by atoms with Crippen molar-refractivity contribution in [2.24, 2.45) is 0 Å². The Morgan fingerprint density at radius 2 is 1.83 bits per heavy atom. The van der Waals surface area contributed by atoms with Crippen LogP contribution in [0.2, 0.25) is 0 Å². The number of carbonyl (C=O) groups is 1. The van der Waals surface area contributed by atoms with Crippen molar-refractivity contribution in [1.82, 2.24) is 0 Å². The highest BCUT2D eigenvalue weighted by Gasteiger charge is 2.37. The second-order valence-electron chi connectivity index (χ2n) is 4.15. The fourth-order valence-corrected chi connectivity index (χ4v) is 1.67. The molecule has 0 aromatic heterocycles. The maximum absolute atomic E-state index is 12.8. The van der Waals surface area contributed by atoms with Crippen LogP contribution in [-0.2, 0) is 22.1 Å². The zero-order valence-electron chi connectivity index (χ0n) is 11.5. The number of rotatable bonds is 4. The molecule has 4 nitrogen and oxygen atoms in total.